The van der Waals surface area contributed by atoms with Gasteiger partial charge in [-0.15, -0.1) is 11.6 Å². The maximum atomic E-state index is 12.2. The standard InChI is InChI=1S/C31H38ClN3O7S/c1-43(37,38)42-27(18-11-19-32)29(36)31(41-23-26-16-9-4-10-17-26)30(40-22-25-14-7-3-8-15-25)28(20-34-35-33)39-21-24-12-5-2-6-13-24/h2-10,12-17,27-31,36H,11,18-23H2,1H3/t27-,28+,29-,30+,31+/m0/s1. The number of benzene rings is 3. The second-order valence-electron chi connectivity index (χ2n) is 9.93. The Kier molecular flexibility index (Phi) is 14.9. The first-order chi connectivity index (χ1) is 20.8. The topological polar surface area (TPSA) is 140 Å². The Labute approximate surface area is 258 Å². The Hall–Kier alpha value is -2.99. The van der Waals surface area contributed by atoms with Gasteiger partial charge < -0.3 is 19.3 Å². The number of alkyl halides is 1. The molecule has 0 amide bonds. The van der Waals surface area contributed by atoms with Crippen LogP contribution in [-0.4, -0.2) is 62.7 Å². The molecule has 43 heavy (non-hydrogen) atoms. The molecule has 0 bridgehead atoms. The van der Waals surface area contributed by atoms with Crippen molar-refractivity contribution < 1.29 is 31.9 Å². The summed E-state index contributed by atoms with van der Waals surface area (Å²) in [6.45, 7) is 0.209. The molecule has 0 aliphatic carbocycles. The molecule has 0 saturated heterocycles. The molecule has 3 rings (SSSR count). The SMILES string of the molecule is CS(=O)(=O)O[C@@H](CCCCl)[C@H](O)[C@@H](OCc1ccccc1)[C@H](OCc1ccccc1)[C@@H](CN=[N+]=[N-])OCc1ccccc1. The van der Waals surface area contributed by atoms with Crippen LogP contribution in [0, 0.1) is 0 Å². The van der Waals surface area contributed by atoms with E-state index in [0.29, 0.717) is 6.42 Å². The highest BCUT2D eigenvalue weighted by Crippen LogP contribution is 2.26. The number of rotatable bonds is 20. The first-order valence-corrected chi connectivity index (χ1v) is 16.3. The summed E-state index contributed by atoms with van der Waals surface area (Å²) in [5.74, 6) is 0.236. The minimum absolute atomic E-state index is 0.0712. The van der Waals surface area contributed by atoms with E-state index < -0.39 is 40.6 Å². The third-order valence-electron chi connectivity index (χ3n) is 6.53. The predicted molar refractivity (Wildman–Crippen MR) is 165 cm³/mol. The van der Waals surface area contributed by atoms with Gasteiger partial charge in [0.1, 0.15) is 24.4 Å². The van der Waals surface area contributed by atoms with Gasteiger partial charge in [-0.25, -0.2) is 0 Å². The molecule has 5 atom stereocenters. The van der Waals surface area contributed by atoms with E-state index in [1.54, 1.807) is 0 Å². The average Bonchev–Trinajstić information content (AvgIpc) is 3.02. The van der Waals surface area contributed by atoms with E-state index in [1.165, 1.54) is 0 Å². The summed E-state index contributed by atoms with van der Waals surface area (Å²) in [7, 11) is -3.96. The molecule has 3 aromatic rings. The molecular weight excluding hydrogens is 594 g/mol. The summed E-state index contributed by atoms with van der Waals surface area (Å²) in [5, 5.41) is 15.5. The molecule has 0 aromatic heterocycles. The summed E-state index contributed by atoms with van der Waals surface area (Å²) in [4.78, 5) is 2.92. The lowest BCUT2D eigenvalue weighted by Crippen LogP contribution is -2.53. The molecule has 0 unspecified atom stereocenters. The number of aliphatic hydroxyl groups excluding tert-OH is 1. The van der Waals surface area contributed by atoms with Crippen molar-refractivity contribution in [1.82, 2.24) is 0 Å². The van der Waals surface area contributed by atoms with Crippen LogP contribution in [0.4, 0.5) is 0 Å². The zero-order chi connectivity index (χ0) is 30.9. The van der Waals surface area contributed by atoms with Crippen LogP contribution in [0.5, 0.6) is 0 Å². The van der Waals surface area contributed by atoms with Crippen LogP contribution in [0.25, 0.3) is 10.4 Å². The Morgan fingerprint density at radius 3 is 1.70 bits per heavy atom. The van der Waals surface area contributed by atoms with Gasteiger partial charge in [-0.2, -0.15) is 8.42 Å². The summed E-state index contributed by atoms with van der Waals surface area (Å²) >= 11 is 5.92. The van der Waals surface area contributed by atoms with Crippen molar-refractivity contribution in [3.63, 3.8) is 0 Å². The second kappa shape index (κ2) is 18.6. The van der Waals surface area contributed by atoms with Gasteiger partial charge in [0.05, 0.1) is 38.7 Å². The Balaban J connectivity index is 2.02. The highest BCUT2D eigenvalue weighted by atomic mass is 35.5. The number of ether oxygens (including phenoxy) is 3. The molecule has 12 heteroatoms. The summed E-state index contributed by atoms with van der Waals surface area (Å²) in [6, 6.07) is 28.2. The van der Waals surface area contributed by atoms with Crippen LogP contribution >= 0.6 is 11.6 Å². The van der Waals surface area contributed by atoms with Gasteiger partial charge in [-0.05, 0) is 35.1 Å². The van der Waals surface area contributed by atoms with E-state index in [9.17, 15) is 19.1 Å². The van der Waals surface area contributed by atoms with Crippen molar-refractivity contribution in [3.8, 4) is 0 Å². The van der Waals surface area contributed by atoms with Crippen molar-refractivity contribution >= 4 is 21.7 Å². The molecule has 3 aromatic carbocycles. The zero-order valence-corrected chi connectivity index (χ0v) is 25.6. The van der Waals surface area contributed by atoms with E-state index in [-0.39, 0.29) is 38.7 Å². The third kappa shape index (κ3) is 12.6. The lowest BCUT2D eigenvalue weighted by atomic mass is 9.96. The highest BCUT2D eigenvalue weighted by Gasteiger charge is 2.41. The molecule has 232 valence electrons. The number of halogens is 1. The lowest BCUT2D eigenvalue weighted by Gasteiger charge is -2.37. The predicted octanol–water partition coefficient (Wildman–Crippen LogP) is 5.78. The first kappa shape index (κ1) is 34.5. The van der Waals surface area contributed by atoms with Gasteiger partial charge >= 0.3 is 0 Å². The number of aliphatic hydroxyl groups is 1. The van der Waals surface area contributed by atoms with E-state index in [2.05, 4.69) is 10.0 Å². The summed E-state index contributed by atoms with van der Waals surface area (Å²) < 4.78 is 48.8. The van der Waals surface area contributed by atoms with Crippen molar-refractivity contribution in [2.75, 3.05) is 18.7 Å². The fraction of sp³-hybridized carbons (Fsp3) is 0.419. The largest absolute Gasteiger partial charge is 0.388 e. The van der Waals surface area contributed by atoms with Crippen molar-refractivity contribution in [2.45, 2.75) is 63.2 Å². The Bertz CT molecular complexity index is 1350. The van der Waals surface area contributed by atoms with Crippen LogP contribution in [0.15, 0.2) is 96.1 Å². The van der Waals surface area contributed by atoms with Gasteiger partial charge in [0.25, 0.3) is 10.1 Å². The molecule has 0 saturated carbocycles. The van der Waals surface area contributed by atoms with E-state index in [4.69, 9.17) is 30.0 Å². The second-order valence-corrected chi connectivity index (χ2v) is 11.9. The number of nitrogens with zero attached hydrogens (tertiary/aromatic N) is 3. The maximum absolute atomic E-state index is 12.2. The Morgan fingerprint density at radius 1 is 0.791 bits per heavy atom. The van der Waals surface area contributed by atoms with Crippen molar-refractivity contribution in [3.05, 3.63) is 118 Å². The molecule has 1 N–H and O–H groups in total. The average molecular weight is 632 g/mol. The third-order valence-corrected chi connectivity index (χ3v) is 7.39. The minimum atomic E-state index is -3.96. The minimum Gasteiger partial charge on any atom is -0.388 e. The van der Waals surface area contributed by atoms with Crippen LogP contribution in [0.3, 0.4) is 0 Å². The quantitative estimate of drug-likeness (QED) is 0.0548. The Morgan fingerprint density at radius 2 is 1.26 bits per heavy atom. The number of azide groups is 1. The zero-order valence-electron chi connectivity index (χ0n) is 24.0. The van der Waals surface area contributed by atoms with Crippen LogP contribution in [0.2, 0.25) is 0 Å². The molecule has 0 heterocycles. The fourth-order valence-electron chi connectivity index (χ4n) is 4.47. The molecule has 0 aliphatic rings. The molecule has 0 aliphatic heterocycles. The molecule has 0 fully saturated rings. The molecular formula is C31H38ClN3O7S. The summed E-state index contributed by atoms with van der Waals surface area (Å²) in [5.41, 5.74) is 11.7. The molecule has 0 spiro atoms. The number of hydrogen-bond acceptors (Lipinski definition) is 8. The maximum Gasteiger partial charge on any atom is 0.264 e. The normalized spacial score (nSPS) is 15.1. The number of hydrogen-bond donors (Lipinski definition) is 1. The van der Waals surface area contributed by atoms with Gasteiger partial charge in [0, 0.05) is 10.8 Å². The molecule has 10 nitrogen and oxygen atoms in total. The van der Waals surface area contributed by atoms with E-state index in [0.717, 1.165) is 22.9 Å². The lowest BCUT2D eigenvalue weighted by molar-refractivity contribution is -0.190. The van der Waals surface area contributed by atoms with Gasteiger partial charge in [-0.3, -0.25) is 4.18 Å². The van der Waals surface area contributed by atoms with Crippen molar-refractivity contribution in [2.24, 2.45) is 5.11 Å². The smallest absolute Gasteiger partial charge is 0.264 e. The van der Waals surface area contributed by atoms with Crippen LogP contribution in [-0.2, 0) is 48.3 Å². The van der Waals surface area contributed by atoms with E-state index in [1.807, 2.05) is 91.0 Å². The van der Waals surface area contributed by atoms with Crippen LogP contribution in [0.1, 0.15) is 29.5 Å². The first-order valence-electron chi connectivity index (χ1n) is 13.9. The monoisotopic (exact) mass is 631 g/mol. The highest BCUT2D eigenvalue weighted by molar-refractivity contribution is 7.86. The van der Waals surface area contributed by atoms with Gasteiger partial charge in [-0.1, -0.05) is 96.1 Å². The van der Waals surface area contributed by atoms with Crippen molar-refractivity contribution in [1.29, 1.82) is 0 Å². The van der Waals surface area contributed by atoms with Gasteiger partial charge in [0.15, 0.2) is 0 Å². The van der Waals surface area contributed by atoms with Gasteiger partial charge in [0.2, 0.25) is 0 Å². The van der Waals surface area contributed by atoms with Crippen LogP contribution < -0.4 is 0 Å². The fourth-order valence-corrected chi connectivity index (χ4v) is 5.28. The molecule has 0 radical (unpaired) electrons. The summed E-state index contributed by atoms with van der Waals surface area (Å²) in [6.07, 6.45) is -4.31. The van der Waals surface area contributed by atoms with E-state index >= 15 is 0 Å².